The third kappa shape index (κ3) is 1.80. The van der Waals surface area contributed by atoms with Crippen LogP contribution in [0.4, 0.5) is 0 Å². The number of carbonyl (C=O) groups excluding carboxylic acids is 2. The van der Waals surface area contributed by atoms with Gasteiger partial charge in [0.1, 0.15) is 0 Å². The van der Waals surface area contributed by atoms with Gasteiger partial charge in [0, 0.05) is 0 Å². The Morgan fingerprint density at radius 3 is 2.00 bits per heavy atom. The van der Waals surface area contributed by atoms with Crippen molar-refractivity contribution in [3.05, 3.63) is 0 Å². The Balaban J connectivity index is 4.12. The molecule has 0 aromatic heterocycles. The van der Waals surface area contributed by atoms with Gasteiger partial charge in [-0.1, -0.05) is 23.2 Å². The average Bonchev–Trinajstić information content (AvgIpc) is 1.67. The van der Waals surface area contributed by atoms with E-state index >= 15 is 0 Å². The van der Waals surface area contributed by atoms with Gasteiger partial charge in [-0.2, -0.15) is 0 Å². The molecular formula is C4H4Cl2O2. The molecule has 0 aliphatic carbocycles. The fourth-order valence-corrected chi connectivity index (χ4v) is 0.0830. The molecule has 4 heteroatoms. The van der Waals surface area contributed by atoms with Crippen molar-refractivity contribution in [2.45, 2.75) is 11.3 Å². The van der Waals surface area contributed by atoms with Gasteiger partial charge in [-0.15, -0.1) is 0 Å². The molecule has 0 fully saturated rings. The van der Waals surface area contributed by atoms with Gasteiger partial charge in [-0.3, -0.25) is 9.59 Å². The number of alkyl halides is 2. The summed E-state index contributed by atoms with van der Waals surface area (Å²) in [5.74, 6) is -0.559. The van der Waals surface area contributed by atoms with Crippen LogP contribution in [0.25, 0.3) is 0 Å². The monoisotopic (exact) mass is 154 g/mol. The van der Waals surface area contributed by atoms with Crippen LogP contribution in [0.15, 0.2) is 0 Å². The first-order valence-electron chi connectivity index (χ1n) is 1.86. The smallest absolute Gasteiger partial charge is 0.229 e. The maximum Gasteiger partial charge on any atom is 0.229 e. The quantitative estimate of drug-likeness (QED) is 0.338. The molecule has 0 N–H and O–H groups in total. The van der Waals surface area contributed by atoms with Crippen molar-refractivity contribution >= 4 is 35.3 Å². The molecule has 0 radical (unpaired) electrons. The summed E-state index contributed by atoms with van der Waals surface area (Å²) < 4.78 is -1.83. The molecule has 0 aromatic rings. The lowest BCUT2D eigenvalue weighted by atomic mass is 10.3. The first kappa shape index (κ1) is 7.92. The summed E-state index contributed by atoms with van der Waals surface area (Å²) in [6.45, 7) is 1.15. The first-order chi connectivity index (χ1) is 3.50. The zero-order chi connectivity index (χ0) is 6.78. The van der Waals surface area contributed by atoms with E-state index in [1.54, 1.807) is 0 Å². The standard InChI is InChI=1S/C4H4Cl2O2/c1-3(8)4(5,6)2-7/h2H,1H3. The maximum absolute atomic E-state index is 10.2. The molecule has 0 heterocycles. The number of Topliss-reactive ketones (excluding diaryl/α,β-unsaturated/α-hetero) is 1. The largest absolute Gasteiger partial charge is 0.299 e. The second-order valence-electron chi connectivity index (χ2n) is 1.30. The minimum Gasteiger partial charge on any atom is -0.299 e. The van der Waals surface area contributed by atoms with Gasteiger partial charge in [0.25, 0.3) is 0 Å². The molecular weight excluding hydrogens is 151 g/mol. The summed E-state index contributed by atoms with van der Waals surface area (Å²) in [5, 5.41) is 0. The Hall–Kier alpha value is -0.0800. The lowest BCUT2D eigenvalue weighted by Crippen LogP contribution is -2.24. The minimum atomic E-state index is -1.83. The molecule has 0 unspecified atom stereocenters. The number of halogens is 2. The Bertz CT molecular complexity index is 119. The van der Waals surface area contributed by atoms with Gasteiger partial charge in [-0.25, -0.2) is 0 Å². The summed E-state index contributed by atoms with van der Waals surface area (Å²) in [6, 6.07) is 0. The fraction of sp³-hybridized carbons (Fsp3) is 0.500. The van der Waals surface area contributed by atoms with Crippen LogP contribution in [0.1, 0.15) is 6.92 Å². The molecule has 0 spiro atoms. The zero-order valence-corrected chi connectivity index (χ0v) is 5.66. The van der Waals surface area contributed by atoms with Crippen molar-refractivity contribution < 1.29 is 9.59 Å². The molecule has 0 atom stereocenters. The molecule has 2 nitrogen and oxygen atoms in total. The van der Waals surface area contributed by atoms with Crippen LogP contribution < -0.4 is 0 Å². The van der Waals surface area contributed by atoms with E-state index in [0.717, 1.165) is 6.92 Å². The molecule has 46 valence electrons. The summed E-state index contributed by atoms with van der Waals surface area (Å²) >= 11 is 10.2. The highest BCUT2D eigenvalue weighted by Crippen LogP contribution is 2.17. The second kappa shape index (κ2) is 2.46. The molecule has 0 saturated heterocycles. The number of aldehydes is 1. The van der Waals surface area contributed by atoms with Gasteiger partial charge in [-0.05, 0) is 6.92 Å². The van der Waals surface area contributed by atoms with E-state index in [2.05, 4.69) is 0 Å². The molecule has 0 aliphatic rings. The highest BCUT2D eigenvalue weighted by Gasteiger charge is 2.28. The first-order valence-corrected chi connectivity index (χ1v) is 2.61. The summed E-state index contributed by atoms with van der Waals surface area (Å²) in [4.78, 5) is 20.0. The van der Waals surface area contributed by atoms with Crippen molar-refractivity contribution in [1.29, 1.82) is 0 Å². The van der Waals surface area contributed by atoms with Gasteiger partial charge < -0.3 is 0 Å². The lowest BCUT2D eigenvalue weighted by molar-refractivity contribution is -0.121. The van der Waals surface area contributed by atoms with E-state index in [-0.39, 0.29) is 6.29 Å². The summed E-state index contributed by atoms with van der Waals surface area (Å²) in [6.07, 6.45) is 0.193. The number of carbonyl (C=O) groups is 2. The average molecular weight is 155 g/mol. The van der Waals surface area contributed by atoms with Crippen LogP contribution in [-0.4, -0.2) is 16.4 Å². The summed E-state index contributed by atoms with van der Waals surface area (Å²) in [7, 11) is 0. The minimum absolute atomic E-state index is 0.193. The third-order valence-corrected chi connectivity index (χ3v) is 1.33. The molecule has 0 aliphatic heterocycles. The molecule has 0 bridgehead atoms. The van der Waals surface area contributed by atoms with E-state index in [0.29, 0.717) is 0 Å². The lowest BCUT2D eigenvalue weighted by Gasteiger charge is -2.03. The van der Waals surface area contributed by atoms with Gasteiger partial charge >= 0.3 is 0 Å². The molecule has 0 saturated carbocycles. The highest BCUT2D eigenvalue weighted by atomic mass is 35.5. The fourth-order valence-electron chi connectivity index (χ4n) is 0.0830. The second-order valence-corrected chi connectivity index (χ2v) is 2.68. The molecule has 8 heavy (non-hydrogen) atoms. The van der Waals surface area contributed by atoms with Crippen molar-refractivity contribution in [1.82, 2.24) is 0 Å². The van der Waals surface area contributed by atoms with Gasteiger partial charge in [0.05, 0.1) is 0 Å². The van der Waals surface area contributed by atoms with Crippen molar-refractivity contribution in [2.75, 3.05) is 0 Å². The topological polar surface area (TPSA) is 34.1 Å². The normalized spacial score (nSPS) is 10.9. The Morgan fingerprint density at radius 2 is 2.00 bits per heavy atom. The molecule has 0 rings (SSSR count). The predicted octanol–water partition coefficient (Wildman–Crippen LogP) is 0.948. The van der Waals surface area contributed by atoms with E-state index < -0.39 is 10.1 Å². The van der Waals surface area contributed by atoms with E-state index in [1.165, 1.54) is 0 Å². The van der Waals surface area contributed by atoms with Crippen LogP contribution in [-0.2, 0) is 9.59 Å². The van der Waals surface area contributed by atoms with Crippen LogP contribution in [0.2, 0.25) is 0 Å². The van der Waals surface area contributed by atoms with Crippen LogP contribution >= 0.6 is 23.2 Å². The molecule has 0 amide bonds. The number of hydrogen-bond donors (Lipinski definition) is 0. The van der Waals surface area contributed by atoms with Crippen LogP contribution in [0.3, 0.4) is 0 Å². The molecule has 0 aromatic carbocycles. The predicted molar refractivity (Wildman–Crippen MR) is 31.2 cm³/mol. The van der Waals surface area contributed by atoms with Gasteiger partial charge in [0.2, 0.25) is 4.33 Å². The van der Waals surface area contributed by atoms with Crippen LogP contribution in [0.5, 0.6) is 0 Å². The third-order valence-electron chi connectivity index (χ3n) is 0.617. The van der Waals surface area contributed by atoms with Crippen LogP contribution in [0, 0.1) is 0 Å². The summed E-state index contributed by atoms with van der Waals surface area (Å²) in [5.41, 5.74) is 0. The van der Waals surface area contributed by atoms with Crippen molar-refractivity contribution in [3.8, 4) is 0 Å². The van der Waals surface area contributed by atoms with E-state index in [1.807, 2.05) is 0 Å². The van der Waals surface area contributed by atoms with E-state index in [9.17, 15) is 9.59 Å². The van der Waals surface area contributed by atoms with Crippen molar-refractivity contribution in [2.24, 2.45) is 0 Å². The SMILES string of the molecule is CC(=O)C(Cl)(Cl)C=O. The number of hydrogen-bond acceptors (Lipinski definition) is 2. The maximum atomic E-state index is 10.2. The van der Waals surface area contributed by atoms with E-state index in [4.69, 9.17) is 23.2 Å². The highest BCUT2D eigenvalue weighted by molar-refractivity contribution is 6.65. The van der Waals surface area contributed by atoms with Crippen molar-refractivity contribution in [3.63, 3.8) is 0 Å². The Labute approximate surface area is 56.8 Å². The number of rotatable bonds is 2. The Morgan fingerprint density at radius 1 is 1.62 bits per heavy atom. The zero-order valence-electron chi connectivity index (χ0n) is 4.15. The number of ketones is 1. The Kier molecular flexibility index (Phi) is 2.44. The van der Waals surface area contributed by atoms with Gasteiger partial charge in [0.15, 0.2) is 12.1 Å².